The summed E-state index contributed by atoms with van der Waals surface area (Å²) in [6.07, 6.45) is 6.08. The molecule has 1 saturated carbocycles. The Balaban J connectivity index is 0.00000141. The van der Waals surface area contributed by atoms with Crippen LogP contribution in [0.5, 0.6) is 0 Å². The van der Waals surface area contributed by atoms with Crippen LogP contribution in [0.4, 0.5) is 0 Å². The zero-order valence-corrected chi connectivity index (χ0v) is 20.9. The van der Waals surface area contributed by atoms with E-state index >= 15 is 0 Å². The van der Waals surface area contributed by atoms with Gasteiger partial charge in [-0.1, -0.05) is 58.0 Å². The number of pyridine rings is 1. The van der Waals surface area contributed by atoms with E-state index in [1.54, 1.807) is 0 Å². The molecule has 172 valence electrons. The van der Waals surface area contributed by atoms with Crippen molar-refractivity contribution >= 4 is 26.6 Å². The van der Waals surface area contributed by atoms with Gasteiger partial charge in [-0.05, 0) is 54.3 Å². The SMILES string of the molecule is CC.CC1CC2(N)C(=O)OC(C)C2C(N)(/C=C/c2ccc(-c3cccc(P)c3)cn2)C1C. The molecule has 1 aliphatic carbocycles. The second kappa shape index (κ2) is 9.43. The highest BCUT2D eigenvalue weighted by atomic mass is 31.0. The standard InChI is InChI=1S/C24H30N3O2P.C2H6/c1-14-12-24(26)21(16(3)29-22(24)28)23(25,15(14)2)10-9-19-8-7-18(13-27-19)17-5-4-6-20(30)11-17;1-2/h4-11,13-16,21H,12,25-26,30H2,1-3H3;1-2H3/b10-9+;. The predicted molar refractivity (Wildman–Crippen MR) is 135 cm³/mol. The molecule has 1 aliphatic heterocycles. The summed E-state index contributed by atoms with van der Waals surface area (Å²) < 4.78 is 5.53. The summed E-state index contributed by atoms with van der Waals surface area (Å²) in [5.74, 6) is -0.255. The molecule has 2 aromatic rings. The highest BCUT2D eigenvalue weighted by molar-refractivity contribution is 7.27. The molecule has 2 fully saturated rings. The van der Waals surface area contributed by atoms with E-state index < -0.39 is 11.1 Å². The molecule has 0 spiro atoms. The number of nitrogens with two attached hydrogens (primary N) is 2. The van der Waals surface area contributed by atoms with E-state index in [9.17, 15) is 4.79 Å². The van der Waals surface area contributed by atoms with E-state index in [4.69, 9.17) is 16.2 Å². The van der Waals surface area contributed by atoms with Crippen molar-refractivity contribution in [2.75, 3.05) is 0 Å². The van der Waals surface area contributed by atoms with Gasteiger partial charge in [0.2, 0.25) is 0 Å². The Morgan fingerprint density at radius 1 is 1.12 bits per heavy atom. The van der Waals surface area contributed by atoms with Crippen molar-refractivity contribution in [3.63, 3.8) is 0 Å². The Hall–Kier alpha value is -2.07. The summed E-state index contributed by atoms with van der Waals surface area (Å²) in [5.41, 5.74) is 14.8. The molecule has 0 radical (unpaired) electrons. The van der Waals surface area contributed by atoms with Crippen LogP contribution >= 0.6 is 9.24 Å². The maximum atomic E-state index is 12.5. The lowest BCUT2D eigenvalue weighted by molar-refractivity contribution is -0.145. The van der Waals surface area contributed by atoms with Crippen LogP contribution in [-0.4, -0.2) is 28.1 Å². The molecule has 0 bridgehead atoms. The third-order valence-corrected chi connectivity index (χ3v) is 7.45. The quantitative estimate of drug-likeness (QED) is 0.543. The van der Waals surface area contributed by atoms with Gasteiger partial charge >= 0.3 is 5.97 Å². The van der Waals surface area contributed by atoms with Crippen molar-refractivity contribution in [3.05, 3.63) is 54.4 Å². The maximum Gasteiger partial charge on any atom is 0.326 e. The van der Waals surface area contributed by atoms with Crippen molar-refractivity contribution < 1.29 is 9.53 Å². The topological polar surface area (TPSA) is 91.2 Å². The first-order valence-electron chi connectivity index (χ1n) is 11.4. The van der Waals surface area contributed by atoms with Gasteiger partial charge in [-0.3, -0.25) is 9.78 Å². The van der Waals surface area contributed by atoms with Crippen molar-refractivity contribution in [3.8, 4) is 11.1 Å². The molecule has 2 heterocycles. The number of aromatic nitrogens is 1. The van der Waals surface area contributed by atoms with Gasteiger partial charge < -0.3 is 16.2 Å². The number of benzene rings is 1. The average molecular weight is 454 g/mol. The largest absolute Gasteiger partial charge is 0.461 e. The molecule has 1 aromatic heterocycles. The van der Waals surface area contributed by atoms with Crippen LogP contribution in [0.3, 0.4) is 0 Å². The van der Waals surface area contributed by atoms with Gasteiger partial charge in [0.25, 0.3) is 0 Å². The lowest BCUT2D eigenvalue weighted by Gasteiger charge is -2.52. The zero-order valence-electron chi connectivity index (χ0n) is 19.7. The van der Waals surface area contributed by atoms with Gasteiger partial charge in [-0.15, -0.1) is 9.24 Å². The van der Waals surface area contributed by atoms with Crippen LogP contribution < -0.4 is 16.8 Å². The third-order valence-electron chi connectivity index (χ3n) is 7.09. The van der Waals surface area contributed by atoms with Crippen molar-refractivity contribution in [2.45, 2.75) is 58.2 Å². The van der Waals surface area contributed by atoms with Gasteiger partial charge in [0.05, 0.1) is 5.69 Å². The number of carbonyl (C=O) groups is 1. The van der Waals surface area contributed by atoms with E-state index in [1.807, 2.05) is 57.3 Å². The number of ether oxygens (including phenoxy) is 1. The maximum absolute atomic E-state index is 12.5. The Kier molecular flexibility index (Phi) is 7.24. The van der Waals surface area contributed by atoms with Gasteiger partial charge in [-0.2, -0.15) is 0 Å². The Bertz CT molecular complexity index is 993. The molecule has 5 nitrogen and oxygen atoms in total. The van der Waals surface area contributed by atoms with E-state index in [2.05, 4.69) is 46.3 Å². The minimum Gasteiger partial charge on any atom is -0.461 e. The third kappa shape index (κ3) is 4.26. The molecule has 1 aromatic carbocycles. The fourth-order valence-corrected chi connectivity index (χ4v) is 5.61. The first-order chi connectivity index (χ1) is 15.1. The smallest absolute Gasteiger partial charge is 0.326 e. The molecule has 7 atom stereocenters. The Labute approximate surface area is 194 Å². The molecule has 2 aliphatic rings. The zero-order chi connectivity index (χ0) is 23.7. The van der Waals surface area contributed by atoms with E-state index in [0.29, 0.717) is 6.42 Å². The number of rotatable bonds is 3. The molecule has 6 heteroatoms. The number of cyclic esters (lactones) is 1. The Morgan fingerprint density at radius 3 is 2.47 bits per heavy atom. The second-order valence-corrected chi connectivity index (χ2v) is 9.70. The number of esters is 1. The number of fused-ring (bicyclic) bond motifs is 1. The summed E-state index contributed by atoms with van der Waals surface area (Å²) in [5, 5.41) is 1.13. The van der Waals surface area contributed by atoms with E-state index in [1.165, 1.54) is 0 Å². The molecule has 7 unspecified atom stereocenters. The number of hydrogen-bond acceptors (Lipinski definition) is 5. The van der Waals surface area contributed by atoms with Crippen LogP contribution in [0, 0.1) is 17.8 Å². The van der Waals surface area contributed by atoms with Gasteiger partial charge in [0.15, 0.2) is 0 Å². The molecule has 0 amide bonds. The fraction of sp³-hybridized carbons (Fsp3) is 0.462. The molecule has 32 heavy (non-hydrogen) atoms. The summed E-state index contributed by atoms with van der Waals surface area (Å²) in [4.78, 5) is 17.1. The molecule has 4 N–H and O–H groups in total. The average Bonchev–Trinajstić information content (AvgIpc) is 3.01. The summed E-state index contributed by atoms with van der Waals surface area (Å²) in [6, 6.07) is 12.3. The lowest BCUT2D eigenvalue weighted by Crippen LogP contribution is -2.69. The van der Waals surface area contributed by atoms with Crippen molar-refractivity contribution in [1.82, 2.24) is 4.98 Å². The number of hydrogen-bond donors (Lipinski definition) is 2. The summed E-state index contributed by atoms with van der Waals surface area (Å²) in [6.45, 7) is 10.1. The lowest BCUT2D eigenvalue weighted by atomic mass is 9.55. The van der Waals surface area contributed by atoms with Crippen LogP contribution in [0.25, 0.3) is 17.2 Å². The minimum absolute atomic E-state index is 0.149. The Morgan fingerprint density at radius 2 is 1.84 bits per heavy atom. The van der Waals surface area contributed by atoms with Crippen LogP contribution in [0.2, 0.25) is 0 Å². The van der Waals surface area contributed by atoms with Crippen LogP contribution in [0.1, 0.15) is 46.7 Å². The van der Waals surface area contributed by atoms with Crippen LogP contribution in [-0.2, 0) is 9.53 Å². The van der Waals surface area contributed by atoms with Crippen molar-refractivity contribution in [1.29, 1.82) is 0 Å². The first kappa shape index (κ1) is 24.6. The molecule has 1 saturated heterocycles. The predicted octanol–water partition coefficient (Wildman–Crippen LogP) is 3.92. The second-order valence-electron chi connectivity index (χ2n) is 9.03. The van der Waals surface area contributed by atoms with Gasteiger partial charge in [0.1, 0.15) is 11.6 Å². The fourth-order valence-electron chi connectivity index (χ4n) is 5.32. The van der Waals surface area contributed by atoms with Gasteiger partial charge in [0, 0.05) is 23.2 Å². The molecular weight excluding hydrogens is 417 g/mol. The molecule has 4 rings (SSSR count). The molecular formula is C26H36N3O2P. The number of carbonyl (C=O) groups excluding carboxylic acids is 1. The summed E-state index contributed by atoms with van der Waals surface area (Å²) in [7, 11) is 2.71. The summed E-state index contributed by atoms with van der Waals surface area (Å²) >= 11 is 0. The van der Waals surface area contributed by atoms with Crippen LogP contribution in [0.15, 0.2) is 48.7 Å². The normalized spacial score (nSPS) is 33.9. The monoisotopic (exact) mass is 453 g/mol. The highest BCUT2D eigenvalue weighted by Crippen LogP contribution is 2.51. The van der Waals surface area contributed by atoms with E-state index in [-0.39, 0.29) is 29.8 Å². The first-order valence-corrected chi connectivity index (χ1v) is 12.0. The highest BCUT2D eigenvalue weighted by Gasteiger charge is 2.65. The van der Waals surface area contributed by atoms with Gasteiger partial charge in [-0.25, -0.2) is 0 Å². The minimum atomic E-state index is -1.04. The van der Waals surface area contributed by atoms with E-state index in [0.717, 1.165) is 22.1 Å². The number of nitrogens with zero attached hydrogens (tertiary/aromatic N) is 1. The van der Waals surface area contributed by atoms with Crippen molar-refractivity contribution in [2.24, 2.45) is 29.2 Å².